The fraction of sp³-hybridized carbons (Fsp3) is 0.500. The highest BCUT2D eigenvalue weighted by molar-refractivity contribution is 5.21. The number of halogens is 1. The first-order chi connectivity index (χ1) is 4.83. The van der Waals surface area contributed by atoms with E-state index in [2.05, 4.69) is 0 Å². The van der Waals surface area contributed by atoms with Gasteiger partial charge in [-0.2, -0.15) is 0 Å². The van der Waals surface area contributed by atoms with Crippen LogP contribution in [0, 0.1) is 0 Å². The van der Waals surface area contributed by atoms with Gasteiger partial charge in [0.15, 0.2) is 6.86 Å². The minimum atomic E-state index is -0.693. The molecule has 0 aromatic carbocycles. The van der Waals surface area contributed by atoms with E-state index in [1.807, 2.05) is 25.2 Å². The van der Waals surface area contributed by atoms with Gasteiger partial charge in [0.2, 0.25) is 0 Å². The highest BCUT2D eigenvalue weighted by Crippen LogP contribution is 2.12. The van der Waals surface area contributed by atoms with Gasteiger partial charge in [-0.3, -0.25) is 0 Å². The van der Waals surface area contributed by atoms with Crippen molar-refractivity contribution < 1.29 is 9.13 Å². The molecule has 0 fully saturated rings. The molecule has 0 heterocycles. The van der Waals surface area contributed by atoms with Gasteiger partial charge in [0.1, 0.15) is 0 Å². The largest absolute Gasteiger partial charge is 0.343 e. The molecule has 0 aromatic heterocycles. The third-order valence-corrected chi connectivity index (χ3v) is 1.52. The van der Waals surface area contributed by atoms with Gasteiger partial charge in [-0.15, -0.1) is 0 Å². The molecule has 0 aromatic rings. The zero-order chi connectivity index (χ0) is 7.40. The fourth-order valence-corrected chi connectivity index (χ4v) is 0.912. The van der Waals surface area contributed by atoms with E-state index < -0.39 is 6.86 Å². The number of rotatable bonds is 2. The molecular formula is C8H11FO. The highest BCUT2D eigenvalue weighted by Gasteiger charge is 2.05. The maximum Gasteiger partial charge on any atom is 0.189 e. The summed E-state index contributed by atoms with van der Waals surface area (Å²) in [7, 11) is 0. The molecule has 0 aliphatic heterocycles. The predicted molar refractivity (Wildman–Crippen MR) is 38.4 cm³/mol. The van der Waals surface area contributed by atoms with Crippen molar-refractivity contribution in [1.29, 1.82) is 0 Å². The molecule has 56 valence electrons. The van der Waals surface area contributed by atoms with E-state index >= 15 is 0 Å². The van der Waals surface area contributed by atoms with Gasteiger partial charge in [-0.25, -0.2) is 4.39 Å². The Balaban J connectivity index is 2.37. The summed E-state index contributed by atoms with van der Waals surface area (Å²) in [6.07, 6.45) is 6.62. The number of allylic oxidation sites excluding steroid dienone is 2. The first-order valence-electron chi connectivity index (χ1n) is 3.35. The molecule has 0 spiro atoms. The third-order valence-electron chi connectivity index (χ3n) is 1.52. The Bertz CT molecular complexity index is 161. The summed E-state index contributed by atoms with van der Waals surface area (Å²) in [6, 6.07) is 0. The monoisotopic (exact) mass is 142 g/mol. The van der Waals surface area contributed by atoms with Crippen LogP contribution in [0.3, 0.4) is 0 Å². The molecule has 1 aliphatic rings. The van der Waals surface area contributed by atoms with Gasteiger partial charge in [0.05, 0.1) is 6.10 Å². The van der Waals surface area contributed by atoms with Crippen molar-refractivity contribution in [2.45, 2.75) is 19.4 Å². The minimum Gasteiger partial charge on any atom is -0.343 e. The van der Waals surface area contributed by atoms with E-state index in [4.69, 9.17) is 4.74 Å². The summed E-state index contributed by atoms with van der Waals surface area (Å²) < 4.78 is 16.3. The summed E-state index contributed by atoms with van der Waals surface area (Å²) in [5.74, 6) is 0. The van der Waals surface area contributed by atoms with Crippen molar-refractivity contribution >= 4 is 0 Å². The molecule has 1 aliphatic carbocycles. The van der Waals surface area contributed by atoms with Crippen LogP contribution in [-0.4, -0.2) is 13.0 Å². The van der Waals surface area contributed by atoms with Crippen molar-refractivity contribution in [2.75, 3.05) is 6.86 Å². The third kappa shape index (κ3) is 1.95. The molecule has 1 rings (SSSR count). The van der Waals surface area contributed by atoms with Crippen LogP contribution in [0.4, 0.5) is 4.39 Å². The molecule has 0 amide bonds. The van der Waals surface area contributed by atoms with Crippen molar-refractivity contribution in [3.05, 3.63) is 23.8 Å². The summed E-state index contributed by atoms with van der Waals surface area (Å²) in [5, 5.41) is 0. The van der Waals surface area contributed by atoms with Gasteiger partial charge in [0, 0.05) is 0 Å². The maximum absolute atomic E-state index is 11.6. The summed E-state index contributed by atoms with van der Waals surface area (Å²) >= 11 is 0. The zero-order valence-electron chi connectivity index (χ0n) is 6.01. The number of hydrogen-bond donors (Lipinski definition) is 0. The van der Waals surface area contributed by atoms with Crippen molar-refractivity contribution in [3.63, 3.8) is 0 Å². The lowest BCUT2D eigenvalue weighted by Crippen LogP contribution is -2.09. The van der Waals surface area contributed by atoms with Crippen LogP contribution in [0.25, 0.3) is 0 Å². The van der Waals surface area contributed by atoms with Crippen LogP contribution in [0.15, 0.2) is 23.8 Å². The van der Waals surface area contributed by atoms with Gasteiger partial charge in [-0.05, 0) is 13.3 Å². The van der Waals surface area contributed by atoms with Crippen molar-refractivity contribution in [2.24, 2.45) is 0 Å². The predicted octanol–water partition coefficient (Wildman–Crippen LogP) is 2.20. The maximum atomic E-state index is 11.6. The van der Waals surface area contributed by atoms with Crippen LogP contribution in [0.2, 0.25) is 0 Å². The molecule has 2 heteroatoms. The Morgan fingerprint density at radius 2 is 2.60 bits per heavy atom. The van der Waals surface area contributed by atoms with Gasteiger partial charge < -0.3 is 4.74 Å². The van der Waals surface area contributed by atoms with Crippen LogP contribution in [0.1, 0.15) is 13.3 Å². The average molecular weight is 142 g/mol. The molecule has 0 saturated carbocycles. The number of ether oxygens (including phenoxy) is 1. The lowest BCUT2D eigenvalue weighted by atomic mass is 10.1. The second kappa shape index (κ2) is 3.52. The van der Waals surface area contributed by atoms with E-state index in [9.17, 15) is 4.39 Å². The molecule has 0 saturated heterocycles. The average Bonchev–Trinajstić information content (AvgIpc) is 1.95. The van der Waals surface area contributed by atoms with Crippen molar-refractivity contribution in [1.82, 2.24) is 0 Å². The van der Waals surface area contributed by atoms with Crippen LogP contribution >= 0.6 is 0 Å². The number of alkyl halides is 1. The molecule has 0 bridgehead atoms. The number of hydrogen-bond acceptors (Lipinski definition) is 1. The first kappa shape index (κ1) is 7.48. The van der Waals surface area contributed by atoms with Crippen LogP contribution in [0.5, 0.6) is 0 Å². The molecule has 10 heavy (non-hydrogen) atoms. The summed E-state index contributed by atoms with van der Waals surface area (Å²) in [4.78, 5) is 0. The lowest BCUT2D eigenvalue weighted by molar-refractivity contribution is 0.0212. The van der Waals surface area contributed by atoms with Crippen LogP contribution < -0.4 is 0 Å². The normalized spacial score (nSPS) is 24.6. The Morgan fingerprint density at radius 3 is 3.10 bits per heavy atom. The Morgan fingerprint density at radius 1 is 1.80 bits per heavy atom. The lowest BCUT2D eigenvalue weighted by Gasteiger charge is -2.12. The fourth-order valence-electron chi connectivity index (χ4n) is 0.912. The molecule has 0 N–H and O–H groups in total. The van der Waals surface area contributed by atoms with Crippen molar-refractivity contribution in [3.8, 4) is 0 Å². The van der Waals surface area contributed by atoms with E-state index in [0.717, 1.165) is 6.42 Å². The van der Waals surface area contributed by atoms with E-state index in [0.29, 0.717) is 0 Å². The van der Waals surface area contributed by atoms with E-state index in [1.54, 1.807) is 0 Å². The summed E-state index contributed by atoms with van der Waals surface area (Å²) in [6.45, 7) is 1.32. The van der Waals surface area contributed by atoms with Gasteiger partial charge in [0.25, 0.3) is 0 Å². The zero-order valence-corrected chi connectivity index (χ0v) is 6.01. The minimum absolute atomic E-state index is 0.0475. The molecular weight excluding hydrogens is 131 g/mol. The second-order valence-electron chi connectivity index (χ2n) is 2.36. The first-order valence-corrected chi connectivity index (χ1v) is 3.35. The topological polar surface area (TPSA) is 9.23 Å². The molecule has 1 nitrogen and oxygen atoms in total. The molecule has 1 atom stereocenters. The highest BCUT2D eigenvalue weighted by atomic mass is 19.1. The summed E-state index contributed by atoms with van der Waals surface area (Å²) in [5.41, 5.74) is 1.22. The Hall–Kier alpha value is -0.630. The SMILES string of the molecule is CC1=CC[C@H](OCF)C=C1. The second-order valence-corrected chi connectivity index (χ2v) is 2.36. The Labute approximate surface area is 60.2 Å². The quantitative estimate of drug-likeness (QED) is 0.574. The van der Waals surface area contributed by atoms with E-state index in [-0.39, 0.29) is 6.10 Å². The van der Waals surface area contributed by atoms with Crippen LogP contribution in [-0.2, 0) is 4.74 Å². The Kier molecular flexibility index (Phi) is 2.63. The smallest absolute Gasteiger partial charge is 0.189 e. The van der Waals surface area contributed by atoms with E-state index in [1.165, 1.54) is 5.57 Å². The standard InChI is InChI=1S/C8H11FO/c1-7-2-4-8(5-3-7)10-6-9/h2-4,8H,5-6H2,1H3/t8-/m1/s1. The van der Waals surface area contributed by atoms with Gasteiger partial charge in [-0.1, -0.05) is 23.8 Å². The molecule has 0 radical (unpaired) electrons. The van der Waals surface area contributed by atoms with Gasteiger partial charge >= 0.3 is 0 Å². The molecule has 0 unspecified atom stereocenters.